The van der Waals surface area contributed by atoms with E-state index in [0.717, 1.165) is 11.0 Å². The second-order valence-electron chi connectivity index (χ2n) is 4.77. The molecule has 1 aliphatic heterocycles. The number of imidazole rings is 1. The van der Waals surface area contributed by atoms with Crippen molar-refractivity contribution < 1.29 is 13.2 Å². The Balaban J connectivity index is 2.04. The predicted molar refractivity (Wildman–Crippen MR) is 76.2 cm³/mol. The summed E-state index contributed by atoms with van der Waals surface area (Å²) in [6, 6.07) is 7.47. The van der Waals surface area contributed by atoms with Crippen LogP contribution < -0.4 is 4.90 Å². The van der Waals surface area contributed by atoms with Crippen LogP contribution in [0.2, 0.25) is 0 Å². The van der Waals surface area contributed by atoms with Crippen LogP contribution in [0.5, 0.6) is 0 Å². The fraction of sp³-hybridized carbons (Fsp3) is 0.333. The SMILES string of the molecule is Cn1c(N2CC(S(=O)(=O)Cl)CC2=O)nc2ccccc21. The number of rotatable bonds is 2. The molecule has 0 aliphatic carbocycles. The van der Waals surface area contributed by atoms with Gasteiger partial charge in [-0.2, -0.15) is 0 Å². The lowest BCUT2D eigenvalue weighted by atomic mass is 10.3. The molecule has 1 unspecified atom stereocenters. The highest BCUT2D eigenvalue weighted by Gasteiger charge is 2.39. The first kappa shape index (κ1) is 13.4. The van der Waals surface area contributed by atoms with Crippen LogP contribution in [0.15, 0.2) is 24.3 Å². The zero-order valence-corrected chi connectivity index (χ0v) is 12.2. The van der Waals surface area contributed by atoms with Crippen LogP contribution in [0.4, 0.5) is 5.95 Å². The summed E-state index contributed by atoms with van der Waals surface area (Å²) in [7, 11) is 3.39. The standard InChI is InChI=1S/C12H12ClN3O3S/c1-15-10-5-3-2-4-9(10)14-12(15)16-7-8(6-11(16)17)20(13,18)19/h2-5,8H,6-7H2,1H3. The van der Waals surface area contributed by atoms with E-state index in [-0.39, 0.29) is 18.9 Å². The minimum atomic E-state index is -3.75. The number of aryl methyl sites for hydroxylation is 1. The van der Waals surface area contributed by atoms with E-state index in [9.17, 15) is 13.2 Å². The van der Waals surface area contributed by atoms with Crippen molar-refractivity contribution in [1.82, 2.24) is 9.55 Å². The van der Waals surface area contributed by atoms with E-state index in [1.165, 1.54) is 4.90 Å². The summed E-state index contributed by atoms with van der Waals surface area (Å²) in [6.07, 6.45) is -0.102. The second kappa shape index (κ2) is 4.46. The molecule has 1 atom stereocenters. The summed E-state index contributed by atoms with van der Waals surface area (Å²) < 4.78 is 24.5. The van der Waals surface area contributed by atoms with Gasteiger partial charge in [-0.25, -0.2) is 13.4 Å². The zero-order valence-electron chi connectivity index (χ0n) is 10.7. The van der Waals surface area contributed by atoms with Crippen molar-refractivity contribution in [2.75, 3.05) is 11.4 Å². The number of hydrogen-bond donors (Lipinski definition) is 0. The topological polar surface area (TPSA) is 72.3 Å². The molecular weight excluding hydrogens is 302 g/mol. The molecule has 1 fully saturated rings. The maximum absolute atomic E-state index is 12.0. The largest absolute Gasteiger partial charge is 0.313 e. The van der Waals surface area contributed by atoms with Crippen molar-refractivity contribution in [3.63, 3.8) is 0 Å². The Labute approximate surface area is 120 Å². The van der Waals surface area contributed by atoms with Gasteiger partial charge in [0, 0.05) is 30.7 Å². The van der Waals surface area contributed by atoms with Crippen LogP contribution in [-0.4, -0.2) is 35.7 Å². The number of para-hydroxylation sites is 2. The molecular formula is C12H12ClN3O3S. The number of halogens is 1. The molecule has 0 bridgehead atoms. The van der Waals surface area contributed by atoms with E-state index < -0.39 is 14.3 Å². The van der Waals surface area contributed by atoms with E-state index >= 15 is 0 Å². The third kappa shape index (κ3) is 2.06. The summed E-state index contributed by atoms with van der Waals surface area (Å²) >= 11 is 0. The lowest BCUT2D eigenvalue weighted by Gasteiger charge is -2.15. The van der Waals surface area contributed by atoms with Crippen molar-refractivity contribution in [2.24, 2.45) is 7.05 Å². The summed E-state index contributed by atoms with van der Waals surface area (Å²) in [4.78, 5) is 17.8. The third-order valence-corrected chi connectivity index (χ3v) is 5.36. The molecule has 6 nitrogen and oxygen atoms in total. The Morgan fingerprint density at radius 1 is 1.35 bits per heavy atom. The first-order chi connectivity index (χ1) is 9.38. The number of benzene rings is 1. The molecule has 20 heavy (non-hydrogen) atoms. The lowest BCUT2D eigenvalue weighted by molar-refractivity contribution is -0.117. The predicted octanol–water partition coefficient (Wildman–Crippen LogP) is 1.25. The fourth-order valence-electron chi connectivity index (χ4n) is 2.43. The molecule has 1 aromatic heterocycles. The molecule has 8 heteroatoms. The quantitative estimate of drug-likeness (QED) is 0.782. The van der Waals surface area contributed by atoms with Crippen LogP contribution in [-0.2, 0) is 20.9 Å². The van der Waals surface area contributed by atoms with E-state index in [2.05, 4.69) is 4.98 Å². The Bertz CT molecular complexity index is 799. The Kier molecular flexibility index (Phi) is 2.98. The van der Waals surface area contributed by atoms with Crippen LogP contribution in [0.1, 0.15) is 6.42 Å². The average molecular weight is 314 g/mol. The number of carbonyl (C=O) groups is 1. The lowest BCUT2D eigenvalue weighted by Crippen LogP contribution is -2.29. The maximum atomic E-state index is 12.0. The molecule has 1 amide bonds. The van der Waals surface area contributed by atoms with Crippen molar-refractivity contribution in [3.8, 4) is 0 Å². The van der Waals surface area contributed by atoms with Gasteiger partial charge in [0.15, 0.2) is 0 Å². The van der Waals surface area contributed by atoms with Gasteiger partial charge in [-0.05, 0) is 12.1 Å². The van der Waals surface area contributed by atoms with Crippen molar-refractivity contribution in [1.29, 1.82) is 0 Å². The van der Waals surface area contributed by atoms with Crippen molar-refractivity contribution in [3.05, 3.63) is 24.3 Å². The molecule has 3 rings (SSSR count). The van der Waals surface area contributed by atoms with E-state index in [1.54, 1.807) is 11.6 Å². The smallest absolute Gasteiger partial charge is 0.237 e. The molecule has 2 aromatic rings. The van der Waals surface area contributed by atoms with E-state index in [4.69, 9.17) is 10.7 Å². The van der Waals surface area contributed by atoms with Crippen LogP contribution >= 0.6 is 10.7 Å². The van der Waals surface area contributed by atoms with Crippen molar-refractivity contribution in [2.45, 2.75) is 11.7 Å². The number of nitrogens with zero attached hydrogens (tertiary/aromatic N) is 3. The Morgan fingerprint density at radius 2 is 2.05 bits per heavy atom. The van der Waals surface area contributed by atoms with Crippen LogP contribution in [0.3, 0.4) is 0 Å². The molecule has 1 aromatic carbocycles. The van der Waals surface area contributed by atoms with E-state index in [0.29, 0.717) is 5.95 Å². The van der Waals surface area contributed by atoms with Gasteiger partial charge in [0.25, 0.3) is 0 Å². The first-order valence-corrected chi connectivity index (χ1v) is 8.40. The van der Waals surface area contributed by atoms with Gasteiger partial charge in [-0.3, -0.25) is 9.69 Å². The number of fused-ring (bicyclic) bond motifs is 1. The minimum absolute atomic E-state index is 0.0435. The number of carbonyl (C=O) groups excluding carboxylic acids is 1. The third-order valence-electron chi connectivity index (χ3n) is 3.49. The molecule has 0 saturated carbocycles. The zero-order chi connectivity index (χ0) is 14.5. The Morgan fingerprint density at radius 3 is 2.65 bits per heavy atom. The van der Waals surface area contributed by atoms with Gasteiger partial charge >= 0.3 is 0 Å². The van der Waals surface area contributed by atoms with Gasteiger partial charge < -0.3 is 4.57 Å². The van der Waals surface area contributed by atoms with Gasteiger partial charge in [0.2, 0.25) is 20.9 Å². The van der Waals surface area contributed by atoms with Crippen LogP contribution in [0.25, 0.3) is 11.0 Å². The summed E-state index contributed by atoms with van der Waals surface area (Å²) in [5.74, 6) is 0.164. The highest BCUT2D eigenvalue weighted by Crippen LogP contribution is 2.28. The van der Waals surface area contributed by atoms with Gasteiger partial charge in [0.05, 0.1) is 11.0 Å². The number of hydrogen-bond acceptors (Lipinski definition) is 4. The summed E-state index contributed by atoms with van der Waals surface area (Å²) in [6.45, 7) is 0.0435. The molecule has 2 heterocycles. The number of amides is 1. The van der Waals surface area contributed by atoms with Crippen molar-refractivity contribution >= 4 is 42.6 Å². The Hall–Kier alpha value is -1.60. The van der Waals surface area contributed by atoms with Gasteiger partial charge in [-0.1, -0.05) is 12.1 Å². The van der Waals surface area contributed by atoms with E-state index in [1.807, 2.05) is 24.3 Å². The minimum Gasteiger partial charge on any atom is -0.313 e. The monoisotopic (exact) mass is 313 g/mol. The number of anilines is 1. The van der Waals surface area contributed by atoms with Gasteiger partial charge in [0.1, 0.15) is 5.25 Å². The summed E-state index contributed by atoms with van der Waals surface area (Å²) in [5.41, 5.74) is 1.64. The highest BCUT2D eigenvalue weighted by atomic mass is 35.7. The normalized spacial score (nSPS) is 20.0. The molecule has 0 N–H and O–H groups in total. The molecule has 1 aliphatic rings. The molecule has 0 spiro atoms. The first-order valence-electron chi connectivity index (χ1n) is 6.03. The molecule has 0 radical (unpaired) electrons. The van der Waals surface area contributed by atoms with Crippen LogP contribution in [0, 0.1) is 0 Å². The average Bonchev–Trinajstić information content (AvgIpc) is 2.91. The second-order valence-corrected chi connectivity index (χ2v) is 7.67. The van der Waals surface area contributed by atoms with Gasteiger partial charge in [-0.15, -0.1) is 0 Å². The molecule has 1 saturated heterocycles. The summed E-state index contributed by atoms with van der Waals surface area (Å²) in [5, 5.41) is -0.878. The molecule has 106 valence electrons. The highest BCUT2D eigenvalue weighted by molar-refractivity contribution is 8.14. The fourth-order valence-corrected chi connectivity index (χ4v) is 3.46. The number of aromatic nitrogens is 2. The maximum Gasteiger partial charge on any atom is 0.237 e.